The van der Waals surface area contributed by atoms with E-state index >= 15 is 0 Å². The highest BCUT2D eigenvalue weighted by Crippen LogP contribution is 2.38. The van der Waals surface area contributed by atoms with Crippen LogP contribution in [0, 0.1) is 0 Å². The van der Waals surface area contributed by atoms with Crippen molar-refractivity contribution in [2.24, 2.45) is 0 Å². The minimum absolute atomic E-state index is 0.130. The van der Waals surface area contributed by atoms with Gasteiger partial charge in [-0.3, -0.25) is 0 Å². The number of amides is 1. The van der Waals surface area contributed by atoms with Crippen LogP contribution in [0.2, 0.25) is 0 Å². The molecule has 1 atom stereocenters. The third-order valence-corrected chi connectivity index (χ3v) is 6.39. The molecule has 3 aromatic rings. The second-order valence-electron chi connectivity index (χ2n) is 10.4. The maximum Gasteiger partial charge on any atom is 0.408 e. The summed E-state index contributed by atoms with van der Waals surface area (Å²) in [4.78, 5) is 38.7. The lowest BCUT2D eigenvalue weighted by Crippen LogP contribution is -2.59. The lowest BCUT2D eigenvalue weighted by atomic mass is 9.77. The summed E-state index contributed by atoms with van der Waals surface area (Å²) >= 11 is 0. The molecule has 0 fully saturated rings. The molecule has 8 nitrogen and oxygen atoms in total. The zero-order valence-electron chi connectivity index (χ0n) is 22.6. The number of hydrogen-bond donors (Lipinski definition) is 1. The molecule has 0 unspecified atom stereocenters. The van der Waals surface area contributed by atoms with Gasteiger partial charge in [0.2, 0.25) is 0 Å². The highest BCUT2D eigenvalue weighted by molar-refractivity contribution is 5.92. The van der Waals surface area contributed by atoms with Gasteiger partial charge < -0.3 is 24.3 Å². The summed E-state index contributed by atoms with van der Waals surface area (Å²) in [6.45, 7) is 5.39. The Kier molecular flexibility index (Phi) is 8.24. The van der Waals surface area contributed by atoms with E-state index in [4.69, 9.17) is 18.9 Å². The fraction of sp³-hybridized carbons (Fsp3) is 0.323. The summed E-state index contributed by atoms with van der Waals surface area (Å²) in [6.07, 6.45) is 0.252. The van der Waals surface area contributed by atoms with Gasteiger partial charge in [0.15, 0.2) is 0 Å². The van der Waals surface area contributed by atoms with Gasteiger partial charge >= 0.3 is 18.0 Å². The minimum Gasteiger partial charge on any atom is -0.467 e. The van der Waals surface area contributed by atoms with Gasteiger partial charge in [0.05, 0.1) is 7.11 Å². The molecule has 0 bridgehead atoms. The molecular weight excluding hydrogens is 498 g/mol. The first-order valence-electron chi connectivity index (χ1n) is 12.8. The number of fused-ring (bicyclic) bond motifs is 1. The Bertz CT molecular complexity index is 1350. The van der Waals surface area contributed by atoms with E-state index in [9.17, 15) is 14.4 Å². The smallest absolute Gasteiger partial charge is 0.408 e. The van der Waals surface area contributed by atoms with E-state index in [2.05, 4.69) is 5.32 Å². The number of benzene rings is 3. The van der Waals surface area contributed by atoms with Gasteiger partial charge in [-0.1, -0.05) is 54.6 Å². The van der Waals surface area contributed by atoms with Crippen LogP contribution in [0.1, 0.15) is 54.2 Å². The van der Waals surface area contributed by atoms with E-state index in [1.165, 1.54) is 7.11 Å². The highest BCUT2D eigenvalue weighted by atomic mass is 16.6. The van der Waals surface area contributed by atoms with Crippen molar-refractivity contribution < 1.29 is 33.3 Å². The number of methoxy groups -OCH3 is 1. The average Bonchev–Trinajstić information content (AvgIpc) is 2.91. The first kappa shape index (κ1) is 27.7. The van der Waals surface area contributed by atoms with Crippen LogP contribution < -0.4 is 10.1 Å². The molecule has 0 aromatic heterocycles. The Labute approximate surface area is 228 Å². The molecule has 1 N–H and O–H groups in total. The number of carbonyl (C=O) groups excluding carboxylic acids is 3. The molecule has 0 aliphatic heterocycles. The van der Waals surface area contributed by atoms with Gasteiger partial charge in [-0.25, -0.2) is 14.4 Å². The van der Waals surface area contributed by atoms with Crippen LogP contribution >= 0.6 is 0 Å². The fourth-order valence-corrected chi connectivity index (χ4v) is 4.55. The molecule has 1 aliphatic rings. The summed E-state index contributed by atoms with van der Waals surface area (Å²) in [5.74, 6) is -0.304. The maximum absolute atomic E-state index is 13.0. The second kappa shape index (κ2) is 11.6. The summed E-state index contributed by atoms with van der Waals surface area (Å²) in [7, 11) is 1.29. The lowest BCUT2D eigenvalue weighted by Gasteiger charge is -2.37. The van der Waals surface area contributed by atoms with Crippen LogP contribution in [-0.2, 0) is 38.5 Å². The van der Waals surface area contributed by atoms with Crippen LogP contribution in [0.3, 0.4) is 0 Å². The Morgan fingerprint density at radius 3 is 2.31 bits per heavy atom. The molecule has 0 saturated carbocycles. The molecule has 1 aliphatic carbocycles. The van der Waals surface area contributed by atoms with Gasteiger partial charge in [-0.2, -0.15) is 0 Å². The third-order valence-electron chi connectivity index (χ3n) is 6.39. The summed E-state index contributed by atoms with van der Waals surface area (Å²) in [5, 5.41) is 2.77. The number of esters is 2. The quantitative estimate of drug-likeness (QED) is 0.306. The molecule has 4 rings (SSSR count). The lowest BCUT2D eigenvalue weighted by molar-refractivity contribution is -0.149. The van der Waals surface area contributed by atoms with Crippen molar-refractivity contribution in [3.05, 3.63) is 95.1 Å². The first-order valence-corrected chi connectivity index (χ1v) is 12.8. The second-order valence-corrected chi connectivity index (χ2v) is 10.4. The number of para-hydroxylation sites is 1. The van der Waals surface area contributed by atoms with E-state index in [1.807, 2.05) is 42.5 Å². The summed E-state index contributed by atoms with van der Waals surface area (Å²) < 4.78 is 22.3. The van der Waals surface area contributed by atoms with Crippen molar-refractivity contribution in [3.8, 4) is 11.5 Å². The van der Waals surface area contributed by atoms with Crippen molar-refractivity contribution in [2.45, 2.75) is 57.8 Å². The van der Waals surface area contributed by atoms with E-state index < -0.39 is 29.2 Å². The average molecular weight is 532 g/mol. The number of alkyl carbamates (subject to hydrolysis) is 1. The van der Waals surface area contributed by atoms with Crippen molar-refractivity contribution in [3.63, 3.8) is 0 Å². The van der Waals surface area contributed by atoms with Crippen LogP contribution in [0.4, 0.5) is 4.79 Å². The Balaban J connectivity index is 1.60. The predicted molar refractivity (Wildman–Crippen MR) is 145 cm³/mol. The normalized spacial score (nSPS) is 16.4. The Morgan fingerprint density at radius 2 is 1.59 bits per heavy atom. The topological polar surface area (TPSA) is 100 Å². The van der Waals surface area contributed by atoms with Crippen LogP contribution in [0.15, 0.2) is 72.8 Å². The molecule has 0 heterocycles. The standard InChI is InChI=1S/C31H33NO7/c1-30(2,3)39-29(35)32-31(28(34)36-4)18-17-22-13-10-16-26(24(22)19-31)38-25-15-9-8-14-23(25)27(33)37-20-21-11-6-5-7-12-21/h5-16H,17-20H2,1-4H3,(H,32,35)/t31-/m0/s1. The number of aryl methyl sites for hydroxylation is 1. The monoisotopic (exact) mass is 531 g/mol. The van der Waals surface area contributed by atoms with Crippen LogP contribution in [-0.4, -0.2) is 36.3 Å². The van der Waals surface area contributed by atoms with E-state index in [0.717, 1.165) is 16.7 Å². The van der Waals surface area contributed by atoms with Crippen LogP contribution in [0.5, 0.6) is 11.5 Å². The molecule has 0 radical (unpaired) electrons. The SMILES string of the molecule is COC(=O)[C@]1(NC(=O)OC(C)(C)C)CCc2cccc(Oc3ccccc3C(=O)OCc3ccccc3)c2C1. The van der Waals surface area contributed by atoms with Gasteiger partial charge in [0, 0.05) is 12.0 Å². The fourth-order valence-electron chi connectivity index (χ4n) is 4.55. The van der Waals surface area contributed by atoms with E-state index in [1.54, 1.807) is 51.1 Å². The maximum atomic E-state index is 13.0. The molecule has 1 amide bonds. The van der Waals surface area contributed by atoms with Crippen molar-refractivity contribution in [2.75, 3.05) is 7.11 Å². The van der Waals surface area contributed by atoms with Gasteiger partial charge in [-0.15, -0.1) is 0 Å². The number of carbonyl (C=O) groups is 3. The number of ether oxygens (including phenoxy) is 4. The van der Waals surface area contributed by atoms with Gasteiger partial charge in [0.25, 0.3) is 0 Å². The largest absolute Gasteiger partial charge is 0.467 e. The predicted octanol–water partition coefficient (Wildman–Crippen LogP) is 5.76. The summed E-state index contributed by atoms with van der Waals surface area (Å²) in [5.41, 5.74) is 0.782. The number of rotatable bonds is 7. The molecule has 204 valence electrons. The van der Waals surface area contributed by atoms with E-state index in [0.29, 0.717) is 24.3 Å². The molecule has 0 saturated heterocycles. The first-order chi connectivity index (χ1) is 18.6. The van der Waals surface area contributed by atoms with Crippen molar-refractivity contribution >= 4 is 18.0 Å². The van der Waals surface area contributed by atoms with Gasteiger partial charge in [-0.05, 0) is 62.9 Å². The molecule has 39 heavy (non-hydrogen) atoms. The molecule has 0 spiro atoms. The molecule has 8 heteroatoms. The highest BCUT2D eigenvalue weighted by Gasteiger charge is 2.45. The zero-order valence-corrected chi connectivity index (χ0v) is 22.6. The third kappa shape index (κ3) is 6.76. The van der Waals surface area contributed by atoms with Crippen molar-refractivity contribution in [1.29, 1.82) is 0 Å². The zero-order chi connectivity index (χ0) is 28.0. The van der Waals surface area contributed by atoms with E-state index in [-0.39, 0.29) is 18.6 Å². The number of hydrogen-bond acceptors (Lipinski definition) is 7. The summed E-state index contributed by atoms with van der Waals surface area (Å²) in [6, 6.07) is 21.8. The van der Waals surface area contributed by atoms with Crippen molar-refractivity contribution in [1.82, 2.24) is 5.32 Å². The minimum atomic E-state index is -1.34. The Hall–Kier alpha value is -4.33. The molecular formula is C31H33NO7. The van der Waals surface area contributed by atoms with Crippen LogP contribution in [0.25, 0.3) is 0 Å². The molecule has 3 aromatic carbocycles. The Morgan fingerprint density at radius 1 is 0.897 bits per heavy atom. The van der Waals surface area contributed by atoms with Gasteiger partial charge in [0.1, 0.15) is 34.8 Å². The number of nitrogens with one attached hydrogen (secondary N) is 1.